The minimum atomic E-state index is 0.433. The third kappa shape index (κ3) is 2.76. The summed E-state index contributed by atoms with van der Waals surface area (Å²) < 4.78 is 5.40. The molecule has 0 aromatic heterocycles. The molecule has 2 rings (SSSR count). The van der Waals surface area contributed by atoms with Gasteiger partial charge in [0.05, 0.1) is 6.10 Å². The summed E-state index contributed by atoms with van der Waals surface area (Å²) >= 11 is 0. The van der Waals surface area contributed by atoms with Crippen LogP contribution in [0.1, 0.15) is 33.1 Å². The maximum absolute atomic E-state index is 5.40. The normalized spacial score (nSPS) is 41.4. The van der Waals surface area contributed by atoms with Gasteiger partial charge in [-0.05, 0) is 38.6 Å². The molecule has 2 fully saturated rings. The molecule has 16 heavy (non-hydrogen) atoms. The van der Waals surface area contributed by atoms with Crippen molar-refractivity contribution in [3.05, 3.63) is 0 Å². The number of methoxy groups -OCH3 is 1. The largest absolute Gasteiger partial charge is 0.380 e. The molecule has 4 atom stereocenters. The van der Waals surface area contributed by atoms with Gasteiger partial charge in [0.25, 0.3) is 0 Å². The molecule has 3 nitrogen and oxygen atoms in total. The van der Waals surface area contributed by atoms with Crippen LogP contribution in [0.25, 0.3) is 0 Å². The molecule has 1 N–H and O–H groups in total. The van der Waals surface area contributed by atoms with Crippen molar-refractivity contribution in [1.29, 1.82) is 0 Å². The average molecular weight is 226 g/mol. The van der Waals surface area contributed by atoms with Gasteiger partial charge in [-0.3, -0.25) is 4.90 Å². The van der Waals surface area contributed by atoms with Crippen molar-refractivity contribution in [2.24, 2.45) is 5.92 Å². The maximum atomic E-state index is 5.40. The fourth-order valence-corrected chi connectivity index (χ4v) is 3.06. The van der Waals surface area contributed by atoms with Crippen LogP contribution in [0.2, 0.25) is 0 Å². The van der Waals surface area contributed by atoms with E-state index in [9.17, 15) is 0 Å². The van der Waals surface area contributed by atoms with Crippen LogP contribution >= 0.6 is 0 Å². The number of nitrogens with zero attached hydrogens (tertiary/aromatic N) is 1. The van der Waals surface area contributed by atoms with Gasteiger partial charge in [-0.1, -0.05) is 6.92 Å². The summed E-state index contributed by atoms with van der Waals surface area (Å²) in [6.45, 7) is 8.27. The molecular formula is C13H26N2O. The van der Waals surface area contributed by atoms with Crippen molar-refractivity contribution < 1.29 is 4.74 Å². The van der Waals surface area contributed by atoms with E-state index in [-0.39, 0.29) is 0 Å². The average Bonchev–Trinajstić information content (AvgIpc) is 2.73. The Bertz CT molecular complexity index is 222. The Hall–Kier alpha value is -0.120. The standard InChI is InChI=1S/C13H26N2O/c1-10-5-4-6-15(11(10)2)9-12-7-13(16-3)8-14-12/h10-14H,4-9H2,1-3H3/t10?,11?,12-,13-/m0/s1. The first-order chi connectivity index (χ1) is 7.70. The van der Waals surface area contributed by atoms with Crippen LogP contribution in [0.3, 0.4) is 0 Å². The summed E-state index contributed by atoms with van der Waals surface area (Å²) in [5, 5.41) is 3.57. The smallest absolute Gasteiger partial charge is 0.0711 e. The van der Waals surface area contributed by atoms with Gasteiger partial charge in [0, 0.05) is 32.3 Å². The number of ether oxygens (including phenoxy) is 1. The first kappa shape index (κ1) is 12.3. The second-order valence-electron chi connectivity index (χ2n) is 5.55. The van der Waals surface area contributed by atoms with Crippen molar-refractivity contribution >= 4 is 0 Å². The molecule has 0 bridgehead atoms. The molecular weight excluding hydrogens is 200 g/mol. The molecule has 2 heterocycles. The van der Waals surface area contributed by atoms with Crippen LogP contribution in [0.4, 0.5) is 0 Å². The predicted octanol–water partition coefficient (Wildman–Crippen LogP) is 1.48. The zero-order valence-electron chi connectivity index (χ0n) is 10.9. The third-order valence-electron chi connectivity index (χ3n) is 4.47. The van der Waals surface area contributed by atoms with Gasteiger partial charge in [0.15, 0.2) is 0 Å². The highest BCUT2D eigenvalue weighted by Gasteiger charge is 2.30. The molecule has 3 heteroatoms. The quantitative estimate of drug-likeness (QED) is 0.789. The lowest BCUT2D eigenvalue weighted by molar-refractivity contribution is 0.0946. The Morgan fingerprint density at radius 2 is 2.19 bits per heavy atom. The second-order valence-corrected chi connectivity index (χ2v) is 5.55. The number of hydrogen-bond donors (Lipinski definition) is 1. The summed E-state index contributed by atoms with van der Waals surface area (Å²) in [6.07, 6.45) is 4.37. The SMILES string of the molecule is CO[C@@H]1CN[C@H](CN2CCCC(C)C2C)C1. The second kappa shape index (κ2) is 5.48. The Morgan fingerprint density at radius 1 is 1.38 bits per heavy atom. The zero-order chi connectivity index (χ0) is 11.5. The van der Waals surface area contributed by atoms with E-state index in [0.29, 0.717) is 12.1 Å². The minimum absolute atomic E-state index is 0.433. The summed E-state index contributed by atoms with van der Waals surface area (Å²) in [4.78, 5) is 2.66. The lowest BCUT2D eigenvalue weighted by Gasteiger charge is -2.39. The van der Waals surface area contributed by atoms with E-state index < -0.39 is 0 Å². The highest BCUT2D eigenvalue weighted by molar-refractivity contribution is 4.87. The summed E-state index contributed by atoms with van der Waals surface area (Å²) in [5.74, 6) is 0.855. The lowest BCUT2D eigenvalue weighted by Crippen LogP contribution is -2.47. The van der Waals surface area contributed by atoms with Gasteiger partial charge >= 0.3 is 0 Å². The summed E-state index contributed by atoms with van der Waals surface area (Å²) in [5.41, 5.74) is 0. The topological polar surface area (TPSA) is 24.5 Å². The molecule has 2 unspecified atom stereocenters. The third-order valence-corrected chi connectivity index (χ3v) is 4.47. The van der Waals surface area contributed by atoms with Crippen molar-refractivity contribution in [3.63, 3.8) is 0 Å². The van der Waals surface area contributed by atoms with Crippen LogP contribution in [0.15, 0.2) is 0 Å². The zero-order valence-corrected chi connectivity index (χ0v) is 10.9. The van der Waals surface area contributed by atoms with Crippen molar-refractivity contribution in [3.8, 4) is 0 Å². The first-order valence-electron chi connectivity index (χ1n) is 6.71. The Kier molecular flexibility index (Phi) is 4.22. The highest BCUT2D eigenvalue weighted by atomic mass is 16.5. The fourth-order valence-electron chi connectivity index (χ4n) is 3.06. The van der Waals surface area contributed by atoms with Crippen LogP contribution < -0.4 is 5.32 Å². The van der Waals surface area contributed by atoms with E-state index in [4.69, 9.17) is 4.74 Å². The summed E-state index contributed by atoms with van der Waals surface area (Å²) in [6, 6.07) is 1.38. The highest BCUT2D eigenvalue weighted by Crippen LogP contribution is 2.24. The van der Waals surface area contributed by atoms with Crippen molar-refractivity contribution in [2.45, 2.75) is 51.3 Å². The minimum Gasteiger partial charge on any atom is -0.380 e. The Labute approximate surface area is 99.5 Å². The van der Waals surface area contributed by atoms with E-state index >= 15 is 0 Å². The molecule has 0 aromatic rings. The molecule has 2 aliphatic rings. The number of likely N-dealkylation sites (tertiary alicyclic amines) is 1. The van der Waals surface area contributed by atoms with E-state index in [1.807, 2.05) is 7.11 Å². The molecule has 0 spiro atoms. The Balaban J connectivity index is 1.80. The van der Waals surface area contributed by atoms with Crippen molar-refractivity contribution in [1.82, 2.24) is 10.2 Å². The molecule has 0 radical (unpaired) electrons. The maximum Gasteiger partial charge on any atom is 0.0711 e. The number of hydrogen-bond acceptors (Lipinski definition) is 3. The van der Waals surface area contributed by atoms with Gasteiger partial charge in [0.2, 0.25) is 0 Å². The van der Waals surface area contributed by atoms with E-state index in [1.54, 1.807) is 0 Å². The summed E-state index contributed by atoms with van der Waals surface area (Å²) in [7, 11) is 1.82. The number of rotatable bonds is 3. The van der Waals surface area contributed by atoms with E-state index in [2.05, 4.69) is 24.1 Å². The first-order valence-corrected chi connectivity index (χ1v) is 6.71. The van der Waals surface area contributed by atoms with Gasteiger partial charge in [-0.25, -0.2) is 0 Å². The van der Waals surface area contributed by atoms with E-state index in [0.717, 1.165) is 18.5 Å². The van der Waals surface area contributed by atoms with E-state index in [1.165, 1.54) is 32.4 Å². The van der Waals surface area contributed by atoms with Crippen molar-refractivity contribution in [2.75, 3.05) is 26.7 Å². The lowest BCUT2D eigenvalue weighted by atomic mass is 9.91. The molecule has 2 aliphatic heterocycles. The van der Waals surface area contributed by atoms with Gasteiger partial charge in [-0.2, -0.15) is 0 Å². The molecule has 0 amide bonds. The van der Waals surface area contributed by atoms with Gasteiger partial charge in [0.1, 0.15) is 0 Å². The Morgan fingerprint density at radius 3 is 2.88 bits per heavy atom. The van der Waals surface area contributed by atoms with Crippen LogP contribution in [0.5, 0.6) is 0 Å². The molecule has 0 aromatic carbocycles. The predicted molar refractivity (Wildman–Crippen MR) is 66.6 cm³/mol. The fraction of sp³-hybridized carbons (Fsp3) is 1.00. The molecule has 0 saturated carbocycles. The van der Waals surface area contributed by atoms with Gasteiger partial charge < -0.3 is 10.1 Å². The van der Waals surface area contributed by atoms with Crippen LogP contribution in [0, 0.1) is 5.92 Å². The molecule has 2 saturated heterocycles. The monoisotopic (exact) mass is 226 g/mol. The van der Waals surface area contributed by atoms with Gasteiger partial charge in [-0.15, -0.1) is 0 Å². The molecule has 94 valence electrons. The van der Waals surface area contributed by atoms with Crippen LogP contribution in [-0.4, -0.2) is 49.8 Å². The number of piperidine rings is 1. The molecule has 0 aliphatic carbocycles. The number of nitrogens with one attached hydrogen (secondary N) is 1. The van der Waals surface area contributed by atoms with Crippen LogP contribution in [-0.2, 0) is 4.74 Å².